The molecule has 2 rings (SSSR count). The Kier molecular flexibility index (Phi) is 4.86. The topological polar surface area (TPSA) is 58.2 Å². The average molecular weight is 321 g/mol. The zero-order valence-electron chi connectivity index (χ0n) is 10.6. The highest BCUT2D eigenvalue weighted by molar-refractivity contribution is 7.99. The summed E-state index contributed by atoms with van der Waals surface area (Å²) in [6.45, 7) is 0. The minimum atomic E-state index is -3.30. The molecule has 106 valence electrons. The molecule has 1 fully saturated rings. The van der Waals surface area contributed by atoms with E-state index in [4.69, 9.17) is 11.6 Å². The van der Waals surface area contributed by atoms with E-state index in [-0.39, 0.29) is 0 Å². The molecule has 1 aromatic rings. The van der Waals surface area contributed by atoms with Crippen LogP contribution >= 0.6 is 23.4 Å². The zero-order chi connectivity index (χ0) is 13.9. The summed E-state index contributed by atoms with van der Waals surface area (Å²) >= 11 is 8.03. The number of sulfonamides is 1. The maximum absolute atomic E-state index is 11.2. The standard InChI is InChI=1S/C12H17ClN2O2S2/c1-19(16,17)15-12-5-4-9(7-11(12)13)14-10-3-2-6-18-8-10/h4-5,7,10,14-15H,2-3,6,8H2,1H3. The van der Waals surface area contributed by atoms with Crippen molar-refractivity contribution in [2.75, 3.05) is 27.8 Å². The number of anilines is 2. The lowest BCUT2D eigenvalue weighted by molar-refractivity contribution is 0.607. The number of hydrogen-bond donors (Lipinski definition) is 2. The highest BCUT2D eigenvalue weighted by Crippen LogP contribution is 2.28. The van der Waals surface area contributed by atoms with E-state index >= 15 is 0 Å². The van der Waals surface area contributed by atoms with Gasteiger partial charge in [-0.3, -0.25) is 4.72 Å². The van der Waals surface area contributed by atoms with Crippen LogP contribution < -0.4 is 10.0 Å². The van der Waals surface area contributed by atoms with E-state index in [1.165, 1.54) is 12.2 Å². The van der Waals surface area contributed by atoms with Crippen LogP contribution in [0, 0.1) is 0 Å². The number of benzene rings is 1. The highest BCUT2D eigenvalue weighted by Gasteiger charge is 2.14. The molecule has 0 amide bonds. The summed E-state index contributed by atoms with van der Waals surface area (Å²) in [6.07, 6.45) is 3.49. The number of rotatable bonds is 4. The number of nitrogens with one attached hydrogen (secondary N) is 2. The van der Waals surface area contributed by atoms with E-state index in [9.17, 15) is 8.42 Å². The summed E-state index contributed by atoms with van der Waals surface area (Å²) < 4.78 is 24.7. The summed E-state index contributed by atoms with van der Waals surface area (Å²) in [4.78, 5) is 0. The van der Waals surface area contributed by atoms with Crippen molar-refractivity contribution in [3.05, 3.63) is 23.2 Å². The van der Waals surface area contributed by atoms with Crippen LogP contribution in [0.25, 0.3) is 0 Å². The van der Waals surface area contributed by atoms with Gasteiger partial charge in [-0.05, 0) is 36.8 Å². The van der Waals surface area contributed by atoms with Crippen molar-refractivity contribution in [2.45, 2.75) is 18.9 Å². The van der Waals surface area contributed by atoms with E-state index in [2.05, 4.69) is 10.0 Å². The van der Waals surface area contributed by atoms with Crippen LogP contribution in [0.4, 0.5) is 11.4 Å². The Morgan fingerprint density at radius 2 is 2.21 bits per heavy atom. The van der Waals surface area contributed by atoms with Crippen molar-refractivity contribution in [1.29, 1.82) is 0 Å². The molecular weight excluding hydrogens is 304 g/mol. The zero-order valence-corrected chi connectivity index (χ0v) is 13.0. The van der Waals surface area contributed by atoms with Gasteiger partial charge in [-0.25, -0.2) is 8.42 Å². The first-order valence-electron chi connectivity index (χ1n) is 6.06. The molecule has 1 saturated heterocycles. The first-order chi connectivity index (χ1) is 8.94. The van der Waals surface area contributed by atoms with Crippen LogP contribution in [0.2, 0.25) is 5.02 Å². The van der Waals surface area contributed by atoms with E-state index in [1.54, 1.807) is 12.1 Å². The van der Waals surface area contributed by atoms with Gasteiger partial charge in [0.25, 0.3) is 0 Å². The fourth-order valence-corrected chi connectivity index (χ4v) is 3.91. The van der Waals surface area contributed by atoms with Crippen LogP contribution in [-0.2, 0) is 10.0 Å². The van der Waals surface area contributed by atoms with Crippen LogP contribution in [0.3, 0.4) is 0 Å². The number of hydrogen-bond acceptors (Lipinski definition) is 4. The molecule has 0 radical (unpaired) electrons. The van der Waals surface area contributed by atoms with Gasteiger partial charge in [0.15, 0.2) is 0 Å². The summed E-state index contributed by atoms with van der Waals surface area (Å²) in [7, 11) is -3.30. The highest BCUT2D eigenvalue weighted by atomic mass is 35.5. The number of thioether (sulfide) groups is 1. The van der Waals surface area contributed by atoms with Gasteiger partial charge in [-0.2, -0.15) is 11.8 Å². The van der Waals surface area contributed by atoms with Crippen molar-refractivity contribution in [1.82, 2.24) is 0 Å². The maximum Gasteiger partial charge on any atom is 0.229 e. The summed E-state index contributed by atoms with van der Waals surface area (Å²) in [5, 5.41) is 3.83. The predicted molar refractivity (Wildman–Crippen MR) is 83.9 cm³/mol. The molecule has 1 aromatic carbocycles. The lowest BCUT2D eigenvalue weighted by atomic mass is 10.1. The largest absolute Gasteiger partial charge is 0.381 e. The van der Waals surface area contributed by atoms with Crippen molar-refractivity contribution in [3.63, 3.8) is 0 Å². The van der Waals surface area contributed by atoms with Gasteiger partial charge in [0.2, 0.25) is 10.0 Å². The quantitative estimate of drug-likeness (QED) is 0.895. The Hall–Kier alpha value is -0.590. The van der Waals surface area contributed by atoms with Crippen LogP contribution in [-0.4, -0.2) is 32.2 Å². The Labute approximate surface area is 123 Å². The minimum Gasteiger partial charge on any atom is -0.381 e. The molecule has 1 aliphatic heterocycles. The second kappa shape index (κ2) is 6.24. The SMILES string of the molecule is CS(=O)(=O)Nc1ccc(NC2CCCSC2)cc1Cl. The second-order valence-corrected chi connectivity index (χ2v) is 7.93. The lowest BCUT2D eigenvalue weighted by Gasteiger charge is -2.23. The molecule has 0 bridgehead atoms. The molecule has 19 heavy (non-hydrogen) atoms. The molecule has 4 nitrogen and oxygen atoms in total. The summed E-state index contributed by atoms with van der Waals surface area (Å²) in [6, 6.07) is 5.75. The van der Waals surface area contributed by atoms with Crippen molar-refractivity contribution in [3.8, 4) is 0 Å². The normalized spacial score (nSPS) is 20.0. The van der Waals surface area contributed by atoms with Crippen molar-refractivity contribution >= 4 is 44.8 Å². The average Bonchev–Trinajstić information content (AvgIpc) is 2.33. The fraction of sp³-hybridized carbons (Fsp3) is 0.500. The van der Waals surface area contributed by atoms with Crippen LogP contribution in [0.5, 0.6) is 0 Å². The Balaban J connectivity index is 2.05. The number of halogens is 1. The van der Waals surface area contributed by atoms with Crippen LogP contribution in [0.1, 0.15) is 12.8 Å². The monoisotopic (exact) mass is 320 g/mol. The maximum atomic E-state index is 11.2. The Morgan fingerprint density at radius 3 is 2.79 bits per heavy atom. The predicted octanol–water partition coefficient (Wildman–Crippen LogP) is 3.02. The first kappa shape index (κ1) is 14.8. The molecule has 0 saturated carbocycles. The van der Waals surface area contributed by atoms with Crippen molar-refractivity contribution in [2.24, 2.45) is 0 Å². The van der Waals surface area contributed by atoms with E-state index in [1.807, 2.05) is 17.8 Å². The Bertz CT molecular complexity index is 543. The van der Waals surface area contributed by atoms with Gasteiger partial charge in [-0.1, -0.05) is 11.6 Å². The second-order valence-electron chi connectivity index (χ2n) is 4.63. The molecule has 0 spiro atoms. The van der Waals surface area contributed by atoms with Gasteiger partial charge in [-0.15, -0.1) is 0 Å². The molecule has 1 atom stereocenters. The first-order valence-corrected chi connectivity index (χ1v) is 9.48. The van der Waals surface area contributed by atoms with Crippen LogP contribution in [0.15, 0.2) is 18.2 Å². The van der Waals surface area contributed by atoms with Gasteiger partial charge in [0.1, 0.15) is 0 Å². The molecule has 1 aliphatic rings. The molecule has 7 heteroatoms. The third-order valence-electron chi connectivity index (χ3n) is 2.80. The van der Waals surface area contributed by atoms with Gasteiger partial charge in [0.05, 0.1) is 17.0 Å². The third kappa shape index (κ3) is 4.78. The summed E-state index contributed by atoms with van der Waals surface area (Å²) in [5.74, 6) is 2.33. The van der Waals surface area contributed by atoms with Crippen molar-refractivity contribution < 1.29 is 8.42 Å². The molecule has 0 aromatic heterocycles. The molecular formula is C12H17ClN2O2S2. The minimum absolute atomic E-state index is 0.402. The lowest BCUT2D eigenvalue weighted by Crippen LogP contribution is -2.25. The van der Waals surface area contributed by atoms with Gasteiger partial charge >= 0.3 is 0 Å². The molecule has 2 N–H and O–H groups in total. The molecule has 1 heterocycles. The summed E-state index contributed by atoms with van der Waals surface area (Å²) in [5.41, 5.74) is 1.34. The van der Waals surface area contributed by atoms with E-state index in [0.29, 0.717) is 16.8 Å². The smallest absolute Gasteiger partial charge is 0.229 e. The van der Waals surface area contributed by atoms with Gasteiger partial charge < -0.3 is 5.32 Å². The third-order valence-corrected chi connectivity index (χ3v) is 4.91. The van der Waals surface area contributed by atoms with E-state index in [0.717, 1.165) is 24.1 Å². The van der Waals surface area contributed by atoms with E-state index < -0.39 is 10.0 Å². The Morgan fingerprint density at radius 1 is 1.42 bits per heavy atom. The fourth-order valence-electron chi connectivity index (χ4n) is 1.98. The van der Waals surface area contributed by atoms with Gasteiger partial charge in [0, 0.05) is 17.5 Å². The molecule has 0 aliphatic carbocycles. The molecule has 1 unspecified atom stereocenters.